The van der Waals surface area contributed by atoms with Gasteiger partial charge in [-0.2, -0.15) is 0 Å². The number of rotatable bonds is 4. The van der Waals surface area contributed by atoms with Crippen molar-refractivity contribution in [2.75, 3.05) is 6.54 Å². The SMILES string of the molecule is Cc1cc(-c2cccc(C3=CC=CCN3)n2)ccc1-c1c2ccccc2c(-c2ccc3c(c2)CCC=C3)c2ccccc12. The number of hydrogen-bond acceptors (Lipinski definition) is 2. The molecular formula is C41H32N2. The zero-order valence-electron chi connectivity index (χ0n) is 24.3. The molecule has 5 aromatic carbocycles. The normalized spacial score (nSPS) is 14.0. The summed E-state index contributed by atoms with van der Waals surface area (Å²) in [5.41, 5.74) is 13.3. The molecular weight excluding hydrogens is 520 g/mol. The average Bonchev–Trinajstić information content (AvgIpc) is 3.07. The molecule has 206 valence electrons. The number of pyridine rings is 1. The average molecular weight is 553 g/mol. The highest BCUT2D eigenvalue weighted by molar-refractivity contribution is 6.21. The molecule has 0 saturated heterocycles. The van der Waals surface area contributed by atoms with Crippen molar-refractivity contribution < 1.29 is 0 Å². The summed E-state index contributed by atoms with van der Waals surface area (Å²) in [4.78, 5) is 5.02. The van der Waals surface area contributed by atoms with Crippen LogP contribution in [-0.4, -0.2) is 11.5 Å². The van der Waals surface area contributed by atoms with Gasteiger partial charge in [-0.25, -0.2) is 4.98 Å². The highest BCUT2D eigenvalue weighted by atomic mass is 14.9. The largest absolute Gasteiger partial charge is 0.380 e. The minimum absolute atomic E-state index is 0.829. The topological polar surface area (TPSA) is 24.9 Å². The van der Waals surface area contributed by atoms with Crippen molar-refractivity contribution in [1.82, 2.24) is 10.3 Å². The number of dihydropyridines is 1. The number of hydrogen-bond donors (Lipinski definition) is 1. The van der Waals surface area contributed by atoms with Gasteiger partial charge in [0.25, 0.3) is 0 Å². The Kier molecular flexibility index (Phi) is 6.26. The second-order valence-corrected chi connectivity index (χ2v) is 11.5. The van der Waals surface area contributed by atoms with Gasteiger partial charge >= 0.3 is 0 Å². The second-order valence-electron chi connectivity index (χ2n) is 11.5. The number of allylic oxidation sites excluding steroid dienone is 3. The first-order valence-electron chi connectivity index (χ1n) is 15.2. The number of nitrogens with zero attached hydrogens (tertiary/aromatic N) is 1. The molecule has 2 nitrogen and oxygen atoms in total. The van der Waals surface area contributed by atoms with Gasteiger partial charge in [-0.05, 0) is 105 Å². The van der Waals surface area contributed by atoms with Crippen LogP contribution in [0.3, 0.4) is 0 Å². The Labute approximate surface area is 252 Å². The molecule has 1 N–H and O–H groups in total. The quantitative estimate of drug-likeness (QED) is 0.220. The van der Waals surface area contributed by atoms with Crippen LogP contribution in [0.2, 0.25) is 0 Å². The molecule has 0 unspecified atom stereocenters. The van der Waals surface area contributed by atoms with Gasteiger partial charge in [0.05, 0.1) is 17.1 Å². The summed E-state index contributed by atoms with van der Waals surface area (Å²) in [6.07, 6.45) is 13.0. The van der Waals surface area contributed by atoms with E-state index >= 15 is 0 Å². The molecule has 2 aliphatic rings. The van der Waals surface area contributed by atoms with Crippen LogP contribution in [0.4, 0.5) is 0 Å². The minimum Gasteiger partial charge on any atom is -0.380 e. The van der Waals surface area contributed by atoms with Gasteiger partial charge in [0.15, 0.2) is 0 Å². The lowest BCUT2D eigenvalue weighted by molar-refractivity contribution is 0.982. The first kappa shape index (κ1) is 25.5. The Bertz CT molecular complexity index is 2090. The van der Waals surface area contributed by atoms with Crippen molar-refractivity contribution in [2.45, 2.75) is 19.8 Å². The van der Waals surface area contributed by atoms with Crippen molar-refractivity contribution in [2.24, 2.45) is 0 Å². The fraction of sp³-hybridized carbons (Fsp3) is 0.0976. The molecule has 1 aromatic heterocycles. The number of nitrogens with one attached hydrogen (secondary N) is 1. The van der Waals surface area contributed by atoms with Crippen molar-refractivity contribution >= 4 is 33.3 Å². The maximum atomic E-state index is 5.02. The van der Waals surface area contributed by atoms with Crippen molar-refractivity contribution in [3.63, 3.8) is 0 Å². The first-order valence-corrected chi connectivity index (χ1v) is 15.2. The van der Waals surface area contributed by atoms with Crippen LogP contribution in [-0.2, 0) is 6.42 Å². The molecule has 6 aromatic rings. The highest BCUT2D eigenvalue weighted by Gasteiger charge is 2.19. The molecule has 2 heterocycles. The summed E-state index contributed by atoms with van der Waals surface area (Å²) in [6, 6.07) is 38.0. The summed E-state index contributed by atoms with van der Waals surface area (Å²) in [6.45, 7) is 3.06. The zero-order chi connectivity index (χ0) is 28.8. The second kappa shape index (κ2) is 10.6. The van der Waals surface area contributed by atoms with E-state index in [1.165, 1.54) is 60.5 Å². The lowest BCUT2D eigenvalue weighted by Gasteiger charge is -2.20. The molecule has 0 spiro atoms. The molecule has 0 radical (unpaired) electrons. The molecule has 0 atom stereocenters. The maximum Gasteiger partial charge on any atom is 0.0868 e. The van der Waals surface area contributed by atoms with Crippen LogP contribution >= 0.6 is 0 Å². The van der Waals surface area contributed by atoms with E-state index in [9.17, 15) is 0 Å². The lowest BCUT2D eigenvalue weighted by atomic mass is 9.83. The minimum atomic E-state index is 0.829. The Morgan fingerprint density at radius 2 is 1.37 bits per heavy atom. The lowest BCUT2D eigenvalue weighted by Crippen LogP contribution is -2.15. The van der Waals surface area contributed by atoms with E-state index < -0.39 is 0 Å². The molecule has 2 heteroatoms. The predicted molar refractivity (Wildman–Crippen MR) is 183 cm³/mol. The highest BCUT2D eigenvalue weighted by Crippen LogP contribution is 2.45. The van der Waals surface area contributed by atoms with E-state index in [-0.39, 0.29) is 0 Å². The van der Waals surface area contributed by atoms with Gasteiger partial charge in [0.2, 0.25) is 0 Å². The fourth-order valence-electron chi connectivity index (χ4n) is 6.80. The monoisotopic (exact) mass is 552 g/mol. The van der Waals surface area contributed by atoms with Gasteiger partial charge < -0.3 is 5.32 Å². The molecule has 0 bridgehead atoms. The van der Waals surface area contributed by atoms with E-state index in [0.717, 1.165) is 42.0 Å². The third kappa shape index (κ3) is 4.47. The van der Waals surface area contributed by atoms with Crippen molar-refractivity contribution in [1.29, 1.82) is 0 Å². The van der Waals surface area contributed by atoms with Crippen LogP contribution in [0, 0.1) is 6.92 Å². The molecule has 0 fully saturated rings. The van der Waals surface area contributed by atoms with E-state index in [1.807, 2.05) is 0 Å². The van der Waals surface area contributed by atoms with Gasteiger partial charge in [0, 0.05) is 12.1 Å². The van der Waals surface area contributed by atoms with Gasteiger partial charge in [-0.1, -0.05) is 109 Å². The molecule has 0 amide bonds. The number of aryl methyl sites for hydroxylation is 2. The summed E-state index contributed by atoms with van der Waals surface area (Å²) in [5, 5.41) is 8.59. The standard InChI is InChI=1S/C41H32N2/c1-27-25-30(37-18-10-19-39(43-37)38-17-8-9-24-42-38)22-23-32(27)41-35-15-6-4-13-33(35)40(34-14-5-7-16-36(34)41)31-21-20-28-11-2-3-12-29(28)26-31/h2,4-11,13-23,25-26,42H,3,12,24H2,1H3. The zero-order valence-corrected chi connectivity index (χ0v) is 24.3. The third-order valence-electron chi connectivity index (χ3n) is 8.87. The summed E-state index contributed by atoms with van der Waals surface area (Å²) < 4.78 is 0. The van der Waals surface area contributed by atoms with E-state index in [2.05, 4.69) is 146 Å². The third-order valence-corrected chi connectivity index (χ3v) is 8.87. The van der Waals surface area contributed by atoms with Gasteiger partial charge in [-0.15, -0.1) is 0 Å². The molecule has 1 aliphatic heterocycles. The number of benzene rings is 5. The fourth-order valence-corrected chi connectivity index (χ4v) is 6.80. The summed E-state index contributed by atoms with van der Waals surface area (Å²) in [7, 11) is 0. The van der Waals surface area contributed by atoms with Crippen LogP contribution in [0.25, 0.3) is 66.8 Å². The molecule has 8 rings (SSSR count). The maximum absolute atomic E-state index is 5.02. The van der Waals surface area contributed by atoms with Crippen LogP contribution in [0.5, 0.6) is 0 Å². The Balaban J connectivity index is 1.30. The van der Waals surface area contributed by atoms with Crippen LogP contribution in [0.15, 0.2) is 127 Å². The van der Waals surface area contributed by atoms with E-state index in [0.29, 0.717) is 0 Å². The van der Waals surface area contributed by atoms with Crippen molar-refractivity contribution in [3.8, 4) is 33.5 Å². The van der Waals surface area contributed by atoms with Gasteiger partial charge in [0.1, 0.15) is 0 Å². The summed E-state index contributed by atoms with van der Waals surface area (Å²) in [5.74, 6) is 0. The molecule has 0 saturated carbocycles. The van der Waals surface area contributed by atoms with Gasteiger partial charge in [-0.3, -0.25) is 0 Å². The van der Waals surface area contributed by atoms with Crippen molar-refractivity contribution in [3.05, 3.63) is 150 Å². The van der Waals surface area contributed by atoms with Crippen LogP contribution in [0.1, 0.15) is 28.8 Å². The van der Waals surface area contributed by atoms with Crippen LogP contribution < -0.4 is 5.32 Å². The number of fused-ring (bicyclic) bond motifs is 3. The van der Waals surface area contributed by atoms with E-state index in [4.69, 9.17) is 4.98 Å². The molecule has 43 heavy (non-hydrogen) atoms. The Morgan fingerprint density at radius 1 is 0.651 bits per heavy atom. The Hall–Kier alpha value is -5.21. The molecule has 1 aliphatic carbocycles. The summed E-state index contributed by atoms with van der Waals surface area (Å²) >= 11 is 0. The smallest absolute Gasteiger partial charge is 0.0868 e. The predicted octanol–water partition coefficient (Wildman–Crippen LogP) is 10.2. The van der Waals surface area contributed by atoms with E-state index in [1.54, 1.807) is 0 Å². The Morgan fingerprint density at radius 3 is 2.09 bits per heavy atom. The number of aromatic nitrogens is 1. The first-order chi connectivity index (χ1) is 21.2.